The molecule has 0 aliphatic rings. The van der Waals surface area contributed by atoms with Gasteiger partial charge in [-0.1, -0.05) is 29.8 Å². The third kappa shape index (κ3) is 3.40. The smallest absolute Gasteiger partial charge is 0.270 e. The molecule has 2 N–H and O–H groups in total. The molecule has 1 aromatic heterocycles. The van der Waals surface area contributed by atoms with Gasteiger partial charge in [0.15, 0.2) is 0 Å². The molecule has 1 heterocycles. The number of nitro groups is 1. The quantitative estimate of drug-likeness (QED) is 0.407. The first-order chi connectivity index (χ1) is 13.5. The zero-order chi connectivity index (χ0) is 20.3. The Labute approximate surface area is 164 Å². The lowest BCUT2D eigenvalue weighted by molar-refractivity contribution is -0.384. The van der Waals surface area contributed by atoms with E-state index in [9.17, 15) is 20.6 Å². The maximum Gasteiger partial charge on any atom is 0.270 e. The number of nitro benzene ring substituents is 1. The van der Waals surface area contributed by atoms with Crippen LogP contribution in [0.4, 0.5) is 11.5 Å². The molecule has 3 rings (SSSR count). The normalized spacial score (nSPS) is 10.9. The highest BCUT2D eigenvalue weighted by atomic mass is 35.5. The number of hydrogen-bond acceptors (Lipinski definition) is 6. The monoisotopic (exact) mass is 390 g/mol. The molecule has 0 saturated carbocycles. The number of nitrogens with zero attached hydrogens (tertiary/aromatic N) is 5. The number of allylic oxidation sites excluding steroid dienone is 1. The van der Waals surface area contributed by atoms with Gasteiger partial charge >= 0.3 is 0 Å². The third-order valence-corrected chi connectivity index (χ3v) is 4.24. The van der Waals surface area contributed by atoms with E-state index in [2.05, 4.69) is 5.10 Å². The van der Waals surface area contributed by atoms with Crippen molar-refractivity contribution in [1.29, 1.82) is 10.5 Å². The van der Waals surface area contributed by atoms with E-state index in [-0.39, 0.29) is 38.9 Å². The molecule has 3 aromatic rings. The van der Waals surface area contributed by atoms with Gasteiger partial charge in [0, 0.05) is 22.7 Å². The summed E-state index contributed by atoms with van der Waals surface area (Å²) in [6.07, 6.45) is 1.34. The van der Waals surface area contributed by atoms with Gasteiger partial charge in [-0.3, -0.25) is 10.1 Å². The van der Waals surface area contributed by atoms with Crippen LogP contribution >= 0.6 is 11.6 Å². The zero-order valence-corrected chi connectivity index (χ0v) is 15.0. The third-order valence-electron chi connectivity index (χ3n) is 3.90. The van der Waals surface area contributed by atoms with Crippen molar-refractivity contribution in [2.45, 2.75) is 0 Å². The van der Waals surface area contributed by atoms with E-state index in [4.69, 9.17) is 17.3 Å². The van der Waals surface area contributed by atoms with Crippen molar-refractivity contribution in [1.82, 2.24) is 9.78 Å². The summed E-state index contributed by atoms with van der Waals surface area (Å²) in [5.41, 5.74) is 6.84. The second-order valence-corrected chi connectivity index (χ2v) is 6.01. The summed E-state index contributed by atoms with van der Waals surface area (Å²) < 4.78 is 1.36. The first-order valence-electron chi connectivity index (χ1n) is 7.86. The Morgan fingerprint density at radius 2 is 1.96 bits per heavy atom. The number of aromatic nitrogens is 2. The molecule has 8 nitrogen and oxygen atoms in total. The number of halogens is 1. The fourth-order valence-corrected chi connectivity index (χ4v) is 2.73. The van der Waals surface area contributed by atoms with Crippen molar-refractivity contribution in [3.63, 3.8) is 0 Å². The topological polar surface area (TPSA) is 135 Å². The molecule has 28 heavy (non-hydrogen) atoms. The molecule has 136 valence electrons. The van der Waals surface area contributed by atoms with Crippen molar-refractivity contribution in [2.24, 2.45) is 0 Å². The zero-order valence-electron chi connectivity index (χ0n) is 14.2. The highest BCUT2D eigenvalue weighted by Crippen LogP contribution is 2.30. The highest BCUT2D eigenvalue weighted by molar-refractivity contribution is 6.32. The Morgan fingerprint density at radius 3 is 2.57 bits per heavy atom. The van der Waals surface area contributed by atoms with Gasteiger partial charge in [0.05, 0.1) is 16.2 Å². The molecule has 0 unspecified atom stereocenters. The SMILES string of the molecule is N#CC(=Cc1cc([N+](=O)[O-])ccc1Cl)c1nn(-c2ccccc2)c(N)c1C#N. The van der Waals surface area contributed by atoms with Crippen LogP contribution in [0, 0.1) is 32.8 Å². The number of nitrogen functional groups attached to an aromatic ring is 1. The number of benzene rings is 2. The van der Waals surface area contributed by atoms with Crippen LogP contribution in [-0.4, -0.2) is 14.7 Å². The van der Waals surface area contributed by atoms with E-state index < -0.39 is 4.92 Å². The van der Waals surface area contributed by atoms with Crippen LogP contribution in [0.2, 0.25) is 5.02 Å². The molecule has 0 amide bonds. The summed E-state index contributed by atoms with van der Waals surface area (Å²) in [7, 11) is 0. The van der Waals surface area contributed by atoms with E-state index in [1.807, 2.05) is 18.2 Å². The van der Waals surface area contributed by atoms with Gasteiger partial charge in [0.2, 0.25) is 0 Å². The van der Waals surface area contributed by atoms with E-state index in [0.29, 0.717) is 5.69 Å². The standard InChI is InChI=1S/C19H11ClN6O2/c20-17-7-6-15(26(27)28)9-12(17)8-13(10-21)18-16(11-22)19(23)25(24-18)14-4-2-1-3-5-14/h1-9H,23H2. The fraction of sp³-hybridized carbons (Fsp3) is 0. The van der Waals surface area contributed by atoms with Crippen molar-refractivity contribution in [3.05, 3.63) is 80.5 Å². The van der Waals surface area contributed by atoms with Crippen molar-refractivity contribution >= 4 is 34.8 Å². The summed E-state index contributed by atoms with van der Waals surface area (Å²) in [5, 5.41) is 34.6. The van der Waals surface area contributed by atoms with Crippen LogP contribution in [0.1, 0.15) is 16.8 Å². The second kappa shape index (κ2) is 7.62. The predicted octanol–water partition coefficient (Wildman–Crippen LogP) is 3.95. The number of rotatable bonds is 4. The molecular formula is C19H11ClN6O2. The molecular weight excluding hydrogens is 380 g/mol. The van der Waals surface area contributed by atoms with Gasteiger partial charge in [-0.15, -0.1) is 0 Å². The van der Waals surface area contributed by atoms with E-state index in [0.717, 1.165) is 0 Å². The van der Waals surface area contributed by atoms with E-state index in [1.54, 1.807) is 24.3 Å². The Balaban J connectivity index is 2.18. The largest absolute Gasteiger partial charge is 0.382 e. The van der Waals surface area contributed by atoms with Crippen LogP contribution in [0.25, 0.3) is 17.3 Å². The number of para-hydroxylation sites is 1. The van der Waals surface area contributed by atoms with Gasteiger partial charge in [0.1, 0.15) is 29.2 Å². The Morgan fingerprint density at radius 1 is 1.25 bits per heavy atom. The summed E-state index contributed by atoms with van der Waals surface area (Å²) in [6, 6.07) is 16.7. The molecule has 0 atom stereocenters. The summed E-state index contributed by atoms with van der Waals surface area (Å²) >= 11 is 6.10. The minimum absolute atomic E-state index is 0.000305. The summed E-state index contributed by atoms with van der Waals surface area (Å²) in [6.45, 7) is 0. The molecule has 2 aromatic carbocycles. The molecule has 0 spiro atoms. The van der Waals surface area contributed by atoms with Gasteiger partial charge in [-0.05, 0) is 24.3 Å². The Kier molecular flexibility index (Phi) is 5.07. The number of non-ortho nitro benzene ring substituents is 1. The molecule has 0 bridgehead atoms. The van der Waals surface area contributed by atoms with E-state index >= 15 is 0 Å². The lowest BCUT2D eigenvalue weighted by Crippen LogP contribution is -2.02. The molecule has 0 aliphatic carbocycles. The maximum absolute atomic E-state index is 11.0. The van der Waals surface area contributed by atoms with Crippen molar-refractivity contribution in [3.8, 4) is 17.8 Å². The molecule has 0 aliphatic heterocycles. The predicted molar refractivity (Wildman–Crippen MR) is 104 cm³/mol. The molecule has 0 saturated heterocycles. The minimum atomic E-state index is -0.567. The number of nitrogens with two attached hydrogens (primary N) is 1. The van der Waals surface area contributed by atoms with Gasteiger partial charge in [-0.2, -0.15) is 15.6 Å². The molecule has 9 heteroatoms. The summed E-state index contributed by atoms with van der Waals surface area (Å²) in [4.78, 5) is 10.4. The number of anilines is 1. The van der Waals surface area contributed by atoms with Crippen LogP contribution in [-0.2, 0) is 0 Å². The van der Waals surface area contributed by atoms with Gasteiger partial charge < -0.3 is 5.73 Å². The number of nitriles is 2. The van der Waals surface area contributed by atoms with Gasteiger partial charge in [0.25, 0.3) is 5.69 Å². The summed E-state index contributed by atoms with van der Waals surface area (Å²) in [5.74, 6) is 0.0787. The van der Waals surface area contributed by atoms with Gasteiger partial charge in [-0.25, -0.2) is 4.68 Å². The van der Waals surface area contributed by atoms with Crippen LogP contribution < -0.4 is 5.73 Å². The fourth-order valence-electron chi connectivity index (χ4n) is 2.56. The first kappa shape index (κ1) is 18.6. The van der Waals surface area contributed by atoms with Crippen LogP contribution in [0.3, 0.4) is 0 Å². The van der Waals surface area contributed by atoms with Crippen molar-refractivity contribution in [2.75, 3.05) is 5.73 Å². The number of hydrogen-bond donors (Lipinski definition) is 1. The Hall–Kier alpha value is -4.14. The average molecular weight is 391 g/mol. The maximum atomic E-state index is 11.0. The average Bonchev–Trinajstić information content (AvgIpc) is 3.04. The molecule has 0 radical (unpaired) electrons. The lowest BCUT2D eigenvalue weighted by atomic mass is 10.1. The van der Waals surface area contributed by atoms with Crippen LogP contribution in [0.5, 0.6) is 0 Å². The van der Waals surface area contributed by atoms with E-state index in [1.165, 1.54) is 29.0 Å². The molecule has 0 fully saturated rings. The highest BCUT2D eigenvalue weighted by Gasteiger charge is 2.20. The van der Waals surface area contributed by atoms with Crippen LogP contribution in [0.15, 0.2) is 48.5 Å². The minimum Gasteiger partial charge on any atom is -0.382 e. The Bertz CT molecular complexity index is 1190. The lowest BCUT2D eigenvalue weighted by Gasteiger charge is -2.02. The first-order valence-corrected chi connectivity index (χ1v) is 8.24. The second-order valence-electron chi connectivity index (χ2n) is 5.60. The van der Waals surface area contributed by atoms with Crippen molar-refractivity contribution < 1.29 is 4.92 Å².